The zero-order chi connectivity index (χ0) is 13.7. The number of hydrogen-bond acceptors (Lipinski definition) is 3. The highest BCUT2D eigenvalue weighted by Crippen LogP contribution is 2.19. The van der Waals surface area contributed by atoms with Crippen molar-refractivity contribution in [1.82, 2.24) is 4.98 Å². The predicted molar refractivity (Wildman–Crippen MR) is 77.7 cm³/mol. The summed E-state index contributed by atoms with van der Waals surface area (Å²) in [5.41, 5.74) is 2.40. The van der Waals surface area contributed by atoms with Gasteiger partial charge in [0.2, 0.25) is 5.56 Å². The van der Waals surface area contributed by atoms with E-state index in [-0.39, 0.29) is 11.4 Å². The van der Waals surface area contributed by atoms with E-state index in [1.807, 2.05) is 30.3 Å². The summed E-state index contributed by atoms with van der Waals surface area (Å²) in [5.74, 6) is 0.193. The van der Waals surface area contributed by atoms with Crippen molar-refractivity contribution in [3.63, 3.8) is 0 Å². The third kappa shape index (κ3) is 3.84. The molecule has 0 saturated heterocycles. The van der Waals surface area contributed by atoms with Gasteiger partial charge in [-0.1, -0.05) is 18.2 Å². The number of aromatic nitrogens is 1. The summed E-state index contributed by atoms with van der Waals surface area (Å²) in [6.07, 6.45) is -0.582. The van der Waals surface area contributed by atoms with Gasteiger partial charge in [0.15, 0.2) is 0 Å². The van der Waals surface area contributed by atoms with Crippen molar-refractivity contribution in [3.8, 4) is 11.3 Å². The van der Waals surface area contributed by atoms with Crippen LogP contribution in [-0.2, 0) is 0 Å². The molecule has 0 aliphatic rings. The summed E-state index contributed by atoms with van der Waals surface area (Å²) in [6.45, 7) is 0.387. The molecule has 19 heavy (non-hydrogen) atoms. The summed E-state index contributed by atoms with van der Waals surface area (Å²) in [6, 6.07) is 12.6. The Kier molecular flexibility index (Phi) is 4.60. The van der Waals surface area contributed by atoms with Crippen molar-refractivity contribution >= 4 is 17.3 Å². The second-order valence-corrected chi connectivity index (χ2v) is 4.51. The third-order valence-corrected chi connectivity index (χ3v) is 3.02. The van der Waals surface area contributed by atoms with Gasteiger partial charge in [-0.15, -0.1) is 11.6 Å². The van der Waals surface area contributed by atoms with Gasteiger partial charge in [0.1, 0.15) is 0 Å². The molecular weight excluding hydrogens is 264 g/mol. The van der Waals surface area contributed by atoms with E-state index in [2.05, 4.69) is 10.3 Å². The van der Waals surface area contributed by atoms with Gasteiger partial charge < -0.3 is 15.4 Å². The quantitative estimate of drug-likeness (QED) is 0.734. The van der Waals surface area contributed by atoms with Crippen LogP contribution in [0.1, 0.15) is 0 Å². The maximum Gasteiger partial charge on any atom is 0.248 e. The van der Waals surface area contributed by atoms with Crippen LogP contribution in [-0.4, -0.2) is 28.6 Å². The minimum Gasteiger partial charge on any atom is -0.390 e. The van der Waals surface area contributed by atoms with Gasteiger partial charge in [-0.2, -0.15) is 0 Å². The van der Waals surface area contributed by atoms with Crippen molar-refractivity contribution in [2.45, 2.75) is 6.10 Å². The van der Waals surface area contributed by atoms with Crippen LogP contribution in [0.2, 0.25) is 0 Å². The minimum absolute atomic E-state index is 0.131. The predicted octanol–water partition coefficient (Wildman–Crippen LogP) is 2.05. The van der Waals surface area contributed by atoms with E-state index in [9.17, 15) is 9.90 Å². The van der Waals surface area contributed by atoms with Gasteiger partial charge in [-0.25, -0.2) is 0 Å². The smallest absolute Gasteiger partial charge is 0.248 e. The van der Waals surface area contributed by atoms with E-state index in [4.69, 9.17) is 11.6 Å². The fraction of sp³-hybridized carbons (Fsp3) is 0.214. The molecular formula is C14H15ClN2O2. The van der Waals surface area contributed by atoms with E-state index in [1.165, 1.54) is 6.07 Å². The lowest BCUT2D eigenvalue weighted by Crippen LogP contribution is -2.20. The van der Waals surface area contributed by atoms with E-state index in [0.717, 1.165) is 16.9 Å². The molecule has 4 nitrogen and oxygen atoms in total. The van der Waals surface area contributed by atoms with Gasteiger partial charge in [0, 0.05) is 29.6 Å². The van der Waals surface area contributed by atoms with E-state index in [1.54, 1.807) is 6.07 Å². The topological polar surface area (TPSA) is 65.1 Å². The van der Waals surface area contributed by atoms with E-state index in [0.29, 0.717) is 6.54 Å². The molecule has 1 heterocycles. The fourth-order valence-corrected chi connectivity index (χ4v) is 1.81. The molecule has 0 bridgehead atoms. The SMILES string of the molecule is O=c1cccc(-c2cccc(NCC(O)CCl)c2)[nH]1. The van der Waals surface area contributed by atoms with Crippen LogP contribution in [0.5, 0.6) is 0 Å². The van der Waals surface area contributed by atoms with Crippen LogP contribution >= 0.6 is 11.6 Å². The largest absolute Gasteiger partial charge is 0.390 e. The molecule has 0 saturated carbocycles. The lowest BCUT2D eigenvalue weighted by molar-refractivity contribution is 0.211. The number of benzene rings is 1. The Labute approximate surface area is 116 Å². The van der Waals surface area contributed by atoms with Gasteiger partial charge in [-0.3, -0.25) is 4.79 Å². The number of anilines is 1. The molecule has 1 unspecified atom stereocenters. The van der Waals surface area contributed by atoms with E-state index < -0.39 is 6.10 Å². The first-order valence-electron chi connectivity index (χ1n) is 5.97. The van der Waals surface area contributed by atoms with Gasteiger partial charge >= 0.3 is 0 Å². The fourth-order valence-electron chi connectivity index (χ4n) is 1.70. The highest BCUT2D eigenvalue weighted by atomic mass is 35.5. The Morgan fingerprint density at radius 3 is 2.79 bits per heavy atom. The Morgan fingerprint density at radius 2 is 2.05 bits per heavy atom. The second kappa shape index (κ2) is 6.41. The van der Waals surface area contributed by atoms with Crippen molar-refractivity contribution < 1.29 is 5.11 Å². The van der Waals surface area contributed by atoms with Crippen molar-refractivity contribution in [1.29, 1.82) is 0 Å². The molecule has 0 radical (unpaired) electrons. The first-order valence-corrected chi connectivity index (χ1v) is 6.50. The first kappa shape index (κ1) is 13.6. The molecule has 0 aliphatic heterocycles. The first-order chi connectivity index (χ1) is 9.19. The van der Waals surface area contributed by atoms with Crippen LogP contribution < -0.4 is 10.9 Å². The Morgan fingerprint density at radius 1 is 1.26 bits per heavy atom. The molecule has 2 rings (SSSR count). The highest BCUT2D eigenvalue weighted by molar-refractivity contribution is 6.18. The summed E-state index contributed by atoms with van der Waals surface area (Å²) < 4.78 is 0. The number of aliphatic hydroxyl groups is 1. The van der Waals surface area contributed by atoms with Crippen LogP contribution in [0.4, 0.5) is 5.69 Å². The number of hydrogen-bond donors (Lipinski definition) is 3. The molecule has 2 aromatic rings. The van der Waals surface area contributed by atoms with Crippen molar-refractivity contribution in [2.75, 3.05) is 17.7 Å². The summed E-state index contributed by atoms with van der Waals surface area (Å²) in [7, 11) is 0. The number of pyridine rings is 1. The number of H-pyrrole nitrogens is 1. The van der Waals surface area contributed by atoms with Gasteiger partial charge in [0.25, 0.3) is 0 Å². The Balaban J connectivity index is 2.17. The number of aliphatic hydroxyl groups excluding tert-OH is 1. The number of nitrogens with one attached hydrogen (secondary N) is 2. The number of rotatable bonds is 5. The molecule has 1 atom stereocenters. The second-order valence-electron chi connectivity index (χ2n) is 4.20. The Bertz CT molecular complexity index is 598. The monoisotopic (exact) mass is 278 g/mol. The number of halogens is 1. The van der Waals surface area contributed by atoms with Gasteiger partial charge in [-0.05, 0) is 18.2 Å². The Hall–Kier alpha value is -1.78. The lowest BCUT2D eigenvalue weighted by atomic mass is 10.1. The molecule has 0 fully saturated rings. The standard InChI is InChI=1S/C14H15ClN2O2/c15-8-12(18)9-16-11-4-1-3-10(7-11)13-5-2-6-14(19)17-13/h1-7,12,16,18H,8-9H2,(H,17,19). The maximum atomic E-state index is 11.3. The average molecular weight is 279 g/mol. The van der Waals surface area contributed by atoms with Crippen LogP contribution in [0.3, 0.4) is 0 Å². The number of alkyl halides is 1. The zero-order valence-electron chi connectivity index (χ0n) is 10.3. The molecule has 100 valence electrons. The number of aromatic amines is 1. The molecule has 0 amide bonds. The molecule has 3 N–H and O–H groups in total. The lowest BCUT2D eigenvalue weighted by Gasteiger charge is -2.11. The summed E-state index contributed by atoms with van der Waals surface area (Å²) in [5, 5.41) is 12.5. The maximum absolute atomic E-state index is 11.3. The van der Waals surface area contributed by atoms with Crippen LogP contribution in [0.15, 0.2) is 47.3 Å². The zero-order valence-corrected chi connectivity index (χ0v) is 11.0. The highest BCUT2D eigenvalue weighted by Gasteiger charge is 2.03. The molecule has 0 aliphatic carbocycles. The summed E-state index contributed by atoms with van der Waals surface area (Å²) in [4.78, 5) is 14.1. The van der Waals surface area contributed by atoms with Gasteiger partial charge in [0.05, 0.1) is 12.0 Å². The molecule has 0 spiro atoms. The minimum atomic E-state index is -0.582. The molecule has 1 aromatic heterocycles. The van der Waals surface area contributed by atoms with Crippen LogP contribution in [0, 0.1) is 0 Å². The van der Waals surface area contributed by atoms with Crippen LogP contribution in [0.25, 0.3) is 11.3 Å². The average Bonchev–Trinajstić information content (AvgIpc) is 2.45. The molecule has 5 heteroatoms. The summed E-state index contributed by atoms with van der Waals surface area (Å²) >= 11 is 5.53. The normalized spacial score (nSPS) is 12.1. The van der Waals surface area contributed by atoms with E-state index >= 15 is 0 Å². The van der Waals surface area contributed by atoms with Crippen molar-refractivity contribution in [2.24, 2.45) is 0 Å². The third-order valence-electron chi connectivity index (χ3n) is 2.66. The molecule has 1 aromatic carbocycles. The van der Waals surface area contributed by atoms with Crippen molar-refractivity contribution in [3.05, 3.63) is 52.8 Å².